The molecule has 180 valence electrons. The van der Waals surface area contributed by atoms with Crippen LogP contribution in [0.3, 0.4) is 0 Å². The van der Waals surface area contributed by atoms with Crippen LogP contribution >= 0.6 is 0 Å². The number of likely N-dealkylation sites (tertiary alicyclic amines) is 1. The van der Waals surface area contributed by atoms with Crippen molar-refractivity contribution in [1.82, 2.24) is 15.1 Å². The SMILES string of the molecule is CCOC(=O)CN1C(=O)C(Cc2ccccc2)NC12CCN(C(=O)Nc1cccc(F)c1)CC2. The lowest BCUT2D eigenvalue weighted by atomic mass is 9.96. The van der Waals surface area contributed by atoms with Gasteiger partial charge < -0.3 is 19.9 Å². The minimum atomic E-state index is -0.737. The van der Waals surface area contributed by atoms with E-state index >= 15 is 0 Å². The molecule has 0 radical (unpaired) electrons. The van der Waals surface area contributed by atoms with E-state index in [1.165, 1.54) is 18.2 Å². The lowest BCUT2D eigenvalue weighted by Gasteiger charge is -2.44. The van der Waals surface area contributed by atoms with Gasteiger partial charge in [0, 0.05) is 31.6 Å². The Morgan fingerprint density at radius 3 is 2.56 bits per heavy atom. The van der Waals surface area contributed by atoms with Crippen molar-refractivity contribution >= 4 is 23.6 Å². The van der Waals surface area contributed by atoms with Gasteiger partial charge in [-0.25, -0.2) is 9.18 Å². The number of carbonyl (C=O) groups excluding carboxylic acids is 3. The molecule has 9 heteroatoms. The lowest BCUT2D eigenvalue weighted by molar-refractivity contribution is -0.151. The number of rotatable bonds is 6. The van der Waals surface area contributed by atoms with Crippen LogP contribution in [0, 0.1) is 5.82 Å². The smallest absolute Gasteiger partial charge is 0.325 e. The second kappa shape index (κ2) is 10.2. The second-order valence-corrected chi connectivity index (χ2v) is 8.58. The molecular weight excluding hydrogens is 439 g/mol. The first kappa shape index (κ1) is 23.7. The average molecular weight is 469 g/mol. The van der Waals surface area contributed by atoms with Gasteiger partial charge in [0.1, 0.15) is 12.4 Å². The van der Waals surface area contributed by atoms with Crippen LogP contribution in [0.1, 0.15) is 25.3 Å². The van der Waals surface area contributed by atoms with Gasteiger partial charge in [-0.3, -0.25) is 14.9 Å². The molecule has 0 aromatic heterocycles. The van der Waals surface area contributed by atoms with Crippen molar-refractivity contribution in [2.24, 2.45) is 0 Å². The Balaban J connectivity index is 1.46. The molecule has 1 atom stereocenters. The maximum atomic E-state index is 13.4. The lowest BCUT2D eigenvalue weighted by Crippen LogP contribution is -2.60. The number of halogens is 1. The Morgan fingerprint density at radius 2 is 1.88 bits per heavy atom. The van der Waals surface area contributed by atoms with Gasteiger partial charge in [0.15, 0.2) is 0 Å². The summed E-state index contributed by atoms with van der Waals surface area (Å²) >= 11 is 0. The third kappa shape index (κ3) is 5.20. The van der Waals surface area contributed by atoms with E-state index in [1.54, 1.807) is 22.8 Å². The molecule has 3 amide bonds. The molecule has 2 N–H and O–H groups in total. The van der Waals surface area contributed by atoms with Gasteiger partial charge in [-0.1, -0.05) is 36.4 Å². The summed E-state index contributed by atoms with van der Waals surface area (Å²) in [4.78, 5) is 41.6. The number of ether oxygens (including phenoxy) is 1. The van der Waals surface area contributed by atoms with E-state index < -0.39 is 23.5 Å². The predicted octanol–water partition coefficient (Wildman–Crippen LogP) is 2.76. The van der Waals surface area contributed by atoms with Crippen LogP contribution in [0.2, 0.25) is 0 Å². The molecular formula is C25H29FN4O4. The van der Waals surface area contributed by atoms with Crippen LogP contribution in [0.4, 0.5) is 14.9 Å². The van der Waals surface area contributed by atoms with Crippen molar-refractivity contribution < 1.29 is 23.5 Å². The maximum absolute atomic E-state index is 13.4. The molecule has 0 aliphatic carbocycles. The summed E-state index contributed by atoms with van der Waals surface area (Å²) in [5, 5.41) is 6.19. The van der Waals surface area contributed by atoms with Crippen LogP contribution in [0.5, 0.6) is 0 Å². The quantitative estimate of drug-likeness (QED) is 0.637. The topological polar surface area (TPSA) is 91.0 Å². The number of hydrogen-bond acceptors (Lipinski definition) is 5. The number of urea groups is 1. The number of nitrogens with one attached hydrogen (secondary N) is 2. The first-order valence-corrected chi connectivity index (χ1v) is 11.5. The number of esters is 1. The number of carbonyl (C=O) groups is 3. The molecule has 34 heavy (non-hydrogen) atoms. The molecule has 2 aromatic rings. The molecule has 2 aliphatic heterocycles. The van der Waals surface area contributed by atoms with Crippen molar-refractivity contribution in [3.8, 4) is 0 Å². The zero-order chi connectivity index (χ0) is 24.1. The van der Waals surface area contributed by atoms with Crippen LogP contribution < -0.4 is 10.6 Å². The number of amides is 3. The summed E-state index contributed by atoms with van der Waals surface area (Å²) in [5.74, 6) is -1.03. The van der Waals surface area contributed by atoms with Gasteiger partial charge in [0.25, 0.3) is 0 Å². The van der Waals surface area contributed by atoms with Crippen molar-refractivity contribution in [3.63, 3.8) is 0 Å². The van der Waals surface area contributed by atoms with E-state index in [0.29, 0.717) is 38.0 Å². The molecule has 8 nitrogen and oxygen atoms in total. The fraction of sp³-hybridized carbons (Fsp3) is 0.400. The number of anilines is 1. The highest BCUT2D eigenvalue weighted by atomic mass is 19.1. The summed E-state index contributed by atoms with van der Waals surface area (Å²) in [6, 6.07) is 14.6. The largest absolute Gasteiger partial charge is 0.465 e. The molecule has 2 aliphatic rings. The maximum Gasteiger partial charge on any atom is 0.325 e. The second-order valence-electron chi connectivity index (χ2n) is 8.58. The highest BCUT2D eigenvalue weighted by molar-refractivity contribution is 5.90. The van der Waals surface area contributed by atoms with Crippen molar-refractivity contribution in [2.45, 2.75) is 37.9 Å². The summed E-state index contributed by atoms with van der Waals surface area (Å²) in [7, 11) is 0. The predicted molar refractivity (Wildman–Crippen MR) is 124 cm³/mol. The van der Waals surface area contributed by atoms with Gasteiger partial charge in [-0.2, -0.15) is 0 Å². The summed E-state index contributed by atoms with van der Waals surface area (Å²) in [6.45, 7) is 2.58. The van der Waals surface area contributed by atoms with Crippen LogP contribution in [-0.2, 0) is 20.7 Å². The van der Waals surface area contributed by atoms with E-state index in [4.69, 9.17) is 4.74 Å². The standard InChI is InChI=1S/C25H29FN4O4/c1-2-34-22(31)17-30-23(32)21(15-18-7-4-3-5-8-18)28-25(30)11-13-29(14-12-25)24(33)27-20-10-6-9-19(26)16-20/h3-10,16,21,28H,2,11-15,17H2,1H3,(H,27,33). The van der Waals surface area contributed by atoms with Crippen LogP contribution in [0.25, 0.3) is 0 Å². The van der Waals surface area contributed by atoms with Crippen LogP contribution in [0.15, 0.2) is 54.6 Å². The summed E-state index contributed by atoms with van der Waals surface area (Å²) < 4.78 is 18.6. The van der Waals surface area contributed by atoms with Crippen molar-refractivity contribution in [3.05, 3.63) is 66.0 Å². The Bertz CT molecular complexity index is 1040. The highest BCUT2D eigenvalue weighted by Crippen LogP contribution is 2.33. The molecule has 2 heterocycles. The van der Waals surface area contributed by atoms with Crippen molar-refractivity contribution in [1.29, 1.82) is 0 Å². The van der Waals surface area contributed by atoms with Crippen molar-refractivity contribution in [2.75, 3.05) is 31.6 Å². The van der Waals surface area contributed by atoms with Gasteiger partial charge in [0.05, 0.1) is 18.3 Å². The third-order valence-electron chi connectivity index (χ3n) is 6.35. The first-order valence-electron chi connectivity index (χ1n) is 11.5. The number of piperidine rings is 1. The van der Waals surface area contributed by atoms with E-state index in [-0.39, 0.29) is 25.1 Å². The minimum absolute atomic E-state index is 0.138. The van der Waals surface area contributed by atoms with Gasteiger partial charge in [-0.05, 0) is 37.1 Å². The molecule has 1 unspecified atom stereocenters. The monoisotopic (exact) mass is 468 g/mol. The zero-order valence-corrected chi connectivity index (χ0v) is 19.1. The summed E-state index contributed by atoms with van der Waals surface area (Å²) in [5.41, 5.74) is 0.665. The molecule has 0 bridgehead atoms. The highest BCUT2D eigenvalue weighted by Gasteiger charge is 2.52. The first-order chi connectivity index (χ1) is 16.4. The zero-order valence-electron chi connectivity index (χ0n) is 19.1. The molecule has 1 spiro atoms. The molecule has 0 saturated carbocycles. The van der Waals surface area contributed by atoms with Crippen LogP contribution in [-0.4, -0.2) is 65.7 Å². The number of nitrogens with zero attached hydrogens (tertiary/aromatic N) is 2. The Hall–Kier alpha value is -3.46. The van der Waals surface area contributed by atoms with E-state index in [1.807, 2.05) is 30.3 Å². The van der Waals surface area contributed by atoms with Gasteiger partial charge in [0.2, 0.25) is 5.91 Å². The Labute approximate surface area is 198 Å². The van der Waals surface area contributed by atoms with Gasteiger partial charge in [-0.15, -0.1) is 0 Å². The van der Waals surface area contributed by atoms with E-state index in [0.717, 1.165) is 5.56 Å². The average Bonchev–Trinajstić information content (AvgIpc) is 3.05. The summed E-state index contributed by atoms with van der Waals surface area (Å²) in [6.07, 6.45) is 1.42. The molecule has 2 aromatic carbocycles. The number of benzene rings is 2. The molecule has 4 rings (SSSR count). The molecule has 2 fully saturated rings. The number of hydrogen-bond donors (Lipinski definition) is 2. The normalized spacial score (nSPS) is 19.4. The molecule has 2 saturated heterocycles. The minimum Gasteiger partial charge on any atom is -0.465 e. The van der Waals surface area contributed by atoms with E-state index in [2.05, 4.69) is 10.6 Å². The van der Waals surface area contributed by atoms with Gasteiger partial charge >= 0.3 is 12.0 Å². The fourth-order valence-corrected chi connectivity index (χ4v) is 4.68. The van der Waals surface area contributed by atoms with E-state index in [9.17, 15) is 18.8 Å². The Kier molecular flexibility index (Phi) is 7.12. The fourth-order valence-electron chi connectivity index (χ4n) is 4.68. The Morgan fingerprint density at radius 1 is 1.15 bits per heavy atom. The third-order valence-corrected chi connectivity index (χ3v) is 6.35.